The minimum atomic E-state index is -0.729. The highest BCUT2D eigenvalue weighted by Crippen LogP contribution is 2.11. The first kappa shape index (κ1) is 15.5. The number of aliphatic hydroxyl groups excluding tert-OH is 1. The number of nitrogens with zero attached hydrogens (tertiary/aromatic N) is 4. The molecule has 0 aliphatic carbocycles. The molecule has 1 unspecified atom stereocenters. The molecule has 2 rings (SSSR count). The van der Waals surface area contributed by atoms with Crippen molar-refractivity contribution in [2.24, 2.45) is 13.0 Å². The van der Waals surface area contributed by atoms with Crippen LogP contribution in [0.3, 0.4) is 0 Å². The molecular formula is C14H22N4O3. The van der Waals surface area contributed by atoms with Gasteiger partial charge in [-0.2, -0.15) is 0 Å². The molecule has 0 bridgehead atoms. The van der Waals surface area contributed by atoms with Gasteiger partial charge in [-0.1, -0.05) is 13.8 Å². The van der Waals surface area contributed by atoms with E-state index in [2.05, 4.69) is 4.98 Å². The molecule has 1 aromatic rings. The molecule has 1 atom stereocenters. The predicted octanol–water partition coefficient (Wildman–Crippen LogP) is -0.279. The van der Waals surface area contributed by atoms with Crippen molar-refractivity contribution in [3.05, 3.63) is 18.2 Å². The number of aliphatic hydroxyl groups is 1. The molecular weight excluding hydrogens is 272 g/mol. The summed E-state index contributed by atoms with van der Waals surface area (Å²) in [6.07, 6.45) is 2.28. The van der Waals surface area contributed by atoms with Gasteiger partial charge in [0.25, 0.3) is 5.91 Å². The lowest BCUT2D eigenvalue weighted by atomic mass is 10.2. The van der Waals surface area contributed by atoms with E-state index in [4.69, 9.17) is 0 Å². The van der Waals surface area contributed by atoms with Crippen molar-refractivity contribution < 1.29 is 14.7 Å². The fourth-order valence-electron chi connectivity index (χ4n) is 2.49. The van der Waals surface area contributed by atoms with Crippen LogP contribution >= 0.6 is 0 Å². The SMILES string of the molecule is CC(C)CN1CC(O)CN(C(=O)c2cncn2C)CC1=O. The van der Waals surface area contributed by atoms with Gasteiger partial charge in [-0.15, -0.1) is 0 Å². The molecule has 0 spiro atoms. The first-order chi connectivity index (χ1) is 9.88. The third kappa shape index (κ3) is 3.60. The second kappa shape index (κ2) is 6.26. The summed E-state index contributed by atoms with van der Waals surface area (Å²) in [7, 11) is 1.72. The van der Waals surface area contributed by atoms with Crippen molar-refractivity contribution in [1.29, 1.82) is 0 Å². The van der Waals surface area contributed by atoms with Crippen LogP contribution in [0, 0.1) is 5.92 Å². The van der Waals surface area contributed by atoms with Gasteiger partial charge in [0.05, 0.1) is 18.6 Å². The van der Waals surface area contributed by atoms with E-state index < -0.39 is 6.10 Å². The van der Waals surface area contributed by atoms with E-state index in [0.717, 1.165) is 0 Å². The van der Waals surface area contributed by atoms with E-state index in [-0.39, 0.29) is 31.4 Å². The Hall–Kier alpha value is -1.89. The van der Waals surface area contributed by atoms with Gasteiger partial charge in [0.1, 0.15) is 12.2 Å². The summed E-state index contributed by atoms with van der Waals surface area (Å²) in [5.74, 6) is -0.0926. The highest BCUT2D eigenvalue weighted by Gasteiger charge is 2.30. The first-order valence-corrected chi connectivity index (χ1v) is 7.10. The number of hydrogen-bond acceptors (Lipinski definition) is 4. The summed E-state index contributed by atoms with van der Waals surface area (Å²) >= 11 is 0. The Bertz CT molecular complexity index is 526. The zero-order chi connectivity index (χ0) is 15.6. The molecule has 2 amide bonds. The van der Waals surface area contributed by atoms with Crippen LogP contribution in [0.4, 0.5) is 0 Å². The maximum Gasteiger partial charge on any atom is 0.272 e. The van der Waals surface area contributed by atoms with Crippen LogP contribution in [-0.2, 0) is 11.8 Å². The molecule has 1 fully saturated rings. The molecule has 116 valence electrons. The van der Waals surface area contributed by atoms with E-state index in [0.29, 0.717) is 18.2 Å². The van der Waals surface area contributed by atoms with Gasteiger partial charge in [0.2, 0.25) is 5.91 Å². The Morgan fingerprint density at radius 2 is 2.19 bits per heavy atom. The van der Waals surface area contributed by atoms with Gasteiger partial charge in [-0.25, -0.2) is 4.98 Å². The van der Waals surface area contributed by atoms with E-state index >= 15 is 0 Å². The molecule has 0 radical (unpaired) electrons. The molecule has 1 aromatic heterocycles. The monoisotopic (exact) mass is 294 g/mol. The largest absolute Gasteiger partial charge is 0.389 e. The Labute approximate surface area is 124 Å². The zero-order valence-corrected chi connectivity index (χ0v) is 12.7. The number of β-amino-alcohol motifs (C(OH)–C–C–N with tert-alkyl or cyclic N) is 1. The first-order valence-electron chi connectivity index (χ1n) is 7.10. The number of hydrogen-bond donors (Lipinski definition) is 1. The Morgan fingerprint density at radius 1 is 1.48 bits per heavy atom. The van der Waals surface area contributed by atoms with Gasteiger partial charge in [0.15, 0.2) is 0 Å². The lowest BCUT2D eigenvalue weighted by Crippen LogP contribution is -2.41. The van der Waals surface area contributed by atoms with E-state index in [1.54, 1.807) is 16.5 Å². The summed E-state index contributed by atoms with van der Waals surface area (Å²) in [6, 6.07) is 0. The van der Waals surface area contributed by atoms with Gasteiger partial charge in [-0.3, -0.25) is 9.59 Å². The molecule has 1 aliphatic heterocycles. The van der Waals surface area contributed by atoms with Crippen molar-refractivity contribution in [3.8, 4) is 0 Å². The molecule has 7 heteroatoms. The summed E-state index contributed by atoms with van der Waals surface area (Å²) in [5, 5.41) is 10.1. The quantitative estimate of drug-likeness (QED) is 0.832. The highest BCUT2D eigenvalue weighted by atomic mass is 16.3. The predicted molar refractivity (Wildman–Crippen MR) is 76.5 cm³/mol. The van der Waals surface area contributed by atoms with E-state index in [1.807, 2.05) is 13.8 Å². The summed E-state index contributed by atoms with van der Waals surface area (Å²) < 4.78 is 1.61. The van der Waals surface area contributed by atoms with Crippen molar-refractivity contribution in [3.63, 3.8) is 0 Å². The zero-order valence-electron chi connectivity index (χ0n) is 12.7. The lowest BCUT2D eigenvalue weighted by molar-refractivity contribution is -0.131. The van der Waals surface area contributed by atoms with Crippen molar-refractivity contribution >= 4 is 11.8 Å². The van der Waals surface area contributed by atoms with E-state index in [1.165, 1.54) is 17.4 Å². The van der Waals surface area contributed by atoms with Crippen LogP contribution in [0.25, 0.3) is 0 Å². The molecule has 1 saturated heterocycles. The molecule has 7 nitrogen and oxygen atoms in total. The number of rotatable bonds is 3. The van der Waals surface area contributed by atoms with Crippen molar-refractivity contribution in [2.75, 3.05) is 26.2 Å². The average Bonchev–Trinajstić information content (AvgIpc) is 2.76. The molecule has 2 heterocycles. The van der Waals surface area contributed by atoms with E-state index in [9.17, 15) is 14.7 Å². The van der Waals surface area contributed by atoms with Crippen LogP contribution in [-0.4, -0.2) is 68.6 Å². The molecule has 1 N–H and O–H groups in total. The van der Waals surface area contributed by atoms with Crippen LogP contribution < -0.4 is 0 Å². The highest BCUT2D eigenvalue weighted by molar-refractivity contribution is 5.95. The third-order valence-corrected chi connectivity index (χ3v) is 3.45. The van der Waals surface area contributed by atoms with Crippen molar-refractivity contribution in [2.45, 2.75) is 20.0 Å². The van der Waals surface area contributed by atoms with Crippen LogP contribution in [0.15, 0.2) is 12.5 Å². The minimum absolute atomic E-state index is 0.00616. The van der Waals surface area contributed by atoms with Gasteiger partial charge in [0, 0.05) is 26.7 Å². The second-order valence-corrected chi connectivity index (χ2v) is 5.92. The average molecular weight is 294 g/mol. The number of aryl methyl sites for hydroxylation is 1. The van der Waals surface area contributed by atoms with Gasteiger partial charge < -0.3 is 19.5 Å². The number of carbonyl (C=O) groups excluding carboxylic acids is 2. The second-order valence-electron chi connectivity index (χ2n) is 5.92. The third-order valence-electron chi connectivity index (χ3n) is 3.45. The Kier molecular flexibility index (Phi) is 4.62. The normalized spacial score (nSPS) is 20.0. The van der Waals surface area contributed by atoms with Gasteiger partial charge in [-0.05, 0) is 5.92 Å². The molecule has 1 aliphatic rings. The topological polar surface area (TPSA) is 78.7 Å². The number of carbonyl (C=O) groups is 2. The van der Waals surface area contributed by atoms with Gasteiger partial charge >= 0.3 is 0 Å². The standard InChI is InChI=1S/C14H22N4O3/c1-10(2)5-17-6-11(19)7-18(8-13(17)20)14(21)12-4-15-9-16(12)3/h4,9-11,19H,5-8H2,1-3H3. The summed E-state index contributed by atoms with van der Waals surface area (Å²) in [4.78, 5) is 31.6. The molecule has 21 heavy (non-hydrogen) atoms. The molecule has 0 aromatic carbocycles. The maximum absolute atomic E-state index is 12.4. The van der Waals surface area contributed by atoms with Crippen LogP contribution in [0.5, 0.6) is 0 Å². The number of imidazole rings is 1. The number of amides is 2. The van der Waals surface area contributed by atoms with Crippen LogP contribution in [0.1, 0.15) is 24.3 Å². The Morgan fingerprint density at radius 3 is 2.76 bits per heavy atom. The Balaban J connectivity index is 2.14. The fraction of sp³-hybridized carbons (Fsp3) is 0.643. The van der Waals surface area contributed by atoms with Crippen LogP contribution in [0.2, 0.25) is 0 Å². The molecule has 0 saturated carbocycles. The van der Waals surface area contributed by atoms with Crippen molar-refractivity contribution in [1.82, 2.24) is 19.4 Å². The lowest BCUT2D eigenvalue weighted by Gasteiger charge is -2.23. The number of aromatic nitrogens is 2. The smallest absolute Gasteiger partial charge is 0.272 e. The summed E-state index contributed by atoms with van der Waals surface area (Å²) in [5.41, 5.74) is 0.410. The fourth-order valence-corrected chi connectivity index (χ4v) is 2.49. The minimum Gasteiger partial charge on any atom is -0.389 e. The summed E-state index contributed by atoms with van der Waals surface area (Å²) in [6.45, 7) is 5.04. The maximum atomic E-state index is 12.4.